The van der Waals surface area contributed by atoms with Crippen molar-refractivity contribution < 1.29 is 14.1 Å². The third-order valence-electron chi connectivity index (χ3n) is 3.60. The lowest BCUT2D eigenvalue weighted by molar-refractivity contribution is -0.115. The van der Waals surface area contributed by atoms with Gasteiger partial charge in [0.05, 0.1) is 16.8 Å². The van der Waals surface area contributed by atoms with Gasteiger partial charge in [0.15, 0.2) is 5.76 Å². The van der Waals surface area contributed by atoms with E-state index in [1.54, 1.807) is 25.2 Å². The highest BCUT2D eigenvalue weighted by Gasteiger charge is 2.16. The molecule has 0 aromatic carbocycles. The molecule has 7 nitrogen and oxygen atoms in total. The molecule has 2 amide bonds. The summed E-state index contributed by atoms with van der Waals surface area (Å²) in [7, 11) is 1.83. The Kier molecular flexibility index (Phi) is 3.91. The summed E-state index contributed by atoms with van der Waals surface area (Å²) in [4.78, 5) is 24.2. The van der Waals surface area contributed by atoms with E-state index in [1.807, 2.05) is 29.1 Å². The summed E-state index contributed by atoms with van der Waals surface area (Å²) < 4.78 is 7.83. The second kappa shape index (κ2) is 5.88. The molecular weight excluding hydrogens is 316 g/mol. The highest BCUT2D eigenvalue weighted by molar-refractivity contribution is 7.17. The number of carbonyl (C=O) groups is 2. The summed E-state index contributed by atoms with van der Waals surface area (Å²) >= 11 is 1.57. The average molecular weight is 332 g/mol. The molecule has 3 aromatic rings. The molecule has 0 atom stereocenters. The molecule has 0 radical (unpaired) electrons. The lowest BCUT2D eigenvalue weighted by atomic mass is 10.3. The number of hydrogen-bond donors (Lipinski definition) is 2. The van der Waals surface area contributed by atoms with Crippen molar-refractivity contribution in [3.05, 3.63) is 34.7 Å². The minimum atomic E-state index is -0.330. The van der Waals surface area contributed by atoms with Gasteiger partial charge in [0.25, 0.3) is 5.91 Å². The van der Waals surface area contributed by atoms with Crippen molar-refractivity contribution in [1.82, 2.24) is 15.0 Å². The van der Waals surface area contributed by atoms with Gasteiger partial charge >= 0.3 is 0 Å². The highest BCUT2D eigenvalue weighted by atomic mass is 32.1. The Bertz CT molecular complexity index is 870. The standard InChI is InChI=1S/C15H16N4O3S/c1-8-14(9(2)22-18-8)17-13(20)7-16-15(21)11-6-12-10(19(11)3)4-5-23-12/h4-6H,7H2,1-3H3,(H,16,21)(H,17,20). The molecule has 0 aliphatic rings. The van der Waals surface area contributed by atoms with E-state index in [0.29, 0.717) is 22.8 Å². The molecule has 0 saturated carbocycles. The van der Waals surface area contributed by atoms with Crippen molar-refractivity contribution in [3.63, 3.8) is 0 Å². The minimum absolute atomic E-state index is 0.123. The molecule has 0 bridgehead atoms. The maximum atomic E-state index is 12.2. The molecule has 0 spiro atoms. The smallest absolute Gasteiger partial charge is 0.268 e. The van der Waals surface area contributed by atoms with Crippen LogP contribution in [-0.4, -0.2) is 28.1 Å². The first-order valence-electron chi connectivity index (χ1n) is 7.01. The van der Waals surface area contributed by atoms with E-state index in [-0.39, 0.29) is 18.4 Å². The number of nitrogens with one attached hydrogen (secondary N) is 2. The number of hydrogen-bond acceptors (Lipinski definition) is 5. The molecule has 23 heavy (non-hydrogen) atoms. The van der Waals surface area contributed by atoms with Gasteiger partial charge in [-0.3, -0.25) is 9.59 Å². The normalized spacial score (nSPS) is 10.9. The fourth-order valence-corrected chi connectivity index (χ4v) is 3.21. The predicted octanol–water partition coefficient (Wildman–Crippen LogP) is 2.21. The molecule has 0 saturated heterocycles. The summed E-state index contributed by atoms with van der Waals surface area (Å²) in [5.74, 6) is -0.0848. The van der Waals surface area contributed by atoms with Crippen LogP contribution in [0.4, 0.5) is 5.69 Å². The van der Waals surface area contributed by atoms with Crippen LogP contribution < -0.4 is 10.6 Å². The molecule has 0 aliphatic heterocycles. The summed E-state index contributed by atoms with van der Waals surface area (Å²) in [5.41, 5.74) is 2.67. The fraction of sp³-hybridized carbons (Fsp3) is 0.267. The Morgan fingerprint density at radius 3 is 2.83 bits per heavy atom. The van der Waals surface area contributed by atoms with Gasteiger partial charge in [0, 0.05) is 7.05 Å². The van der Waals surface area contributed by atoms with Crippen LogP contribution in [0.25, 0.3) is 10.2 Å². The van der Waals surface area contributed by atoms with Crippen LogP contribution in [0, 0.1) is 13.8 Å². The van der Waals surface area contributed by atoms with Crippen molar-refractivity contribution in [2.75, 3.05) is 11.9 Å². The molecule has 2 N–H and O–H groups in total. The van der Waals surface area contributed by atoms with Crippen LogP contribution in [0.15, 0.2) is 22.0 Å². The van der Waals surface area contributed by atoms with Gasteiger partial charge in [-0.25, -0.2) is 0 Å². The fourth-order valence-electron chi connectivity index (χ4n) is 2.36. The lowest BCUT2D eigenvalue weighted by Gasteiger charge is -2.07. The first-order chi connectivity index (χ1) is 11.0. The van der Waals surface area contributed by atoms with E-state index in [9.17, 15) is 9.59 Å². The molecule has 0 fully saturated rings. The van der Waals surface area contributed by atoms with E-state index in [2.05, 4.69) is 15.8 Å². The molecular formula is C15H16N4O3S. The van der Waals surface area contributed by atoms with E-state index in [0.717, 1.165) is 10.2 Å². The number of nitrogens with zero attached hydrogens (tertiary/aromatic N) is 2. The van der Waals surface area contributed by atoms with Crippen molar-refractivity contribution >= 4 is 39.1 Å². The van der Waals surface area contributed by atoms with E-state index < -0.39 is 0 Å². The van der Waals surface area contributed by atoms with E-state index in [4.69, 9.17) is 4.52 Å². The number of rotatable bonds is 4. The van der Waals surface area contributed by atoms with E-state index in [1.165, 1.54) is 0 Å². The number of thiophene rings is 1. The maximum Gasteiger partial charge on any atom is 0.268 e. The quantitative estimate of drug-likeness (QED) is 0.766. The SMILES string of the molecule is Cc1noc(C)c1NC(=O)CNC(=O)c1cc2sccc2n1C. The summed E-state index contributed by atoms with van der Waals surface area (Å²) in [6, 6.07) is 3.78. The third-order valence-corrected chi connectivity index (χ3v) is 4.46. The molecule has 120 valence electrons. The molecule has 8 heteroatoms. The number of anilines is 1. The second-order valence-electron chi connectivity index (χ2n) is 5.19. The molecule has 0 unspecified atom stereocenters. The Balaban J connectivity index is 1.63. The van der Waals surface area contributed by atoms with Crippen molar-refractivity contribution in [1.29, 1.82) is 0 Å². The minimum Gasteiger partial charge on any atom is -0.359 e. The Labute approximate surface area is 136 Å². The zero-order chi connectivity index (χ0) is 16.6. The zero-order valence-electron chi connectivity index (χ0n) is 13.0. The van der Waals surface area contributed by atoms with E-state index >= 15 is 0 Å². The largest absolute Gasteiger partial charge is 0.359 e. The Morgan fingerprint density at radius 1 is 1.39 bits per heavy atom. The van der Waals surface area contributed by atoms with Crippen LogP contribution in [0.2, 0.25) is 0 Å². The molecule has 3 aromatic heterocycles. The van der Waals surface area contributed by atoms with Crippen LogP contribution in [0.3, 0.4) is 0 Å². The summed E-state index contributed by atoms with van der Waals surface area (Å²) in [6.45, 7) is 3.33. The van der Waals surface area contributed by atoms with Gasteiger partial charge in [0.2, 0.25) is 5.91 Å². The predicted molar refractivity (Wildman–Crippen MR) is 87.7 cm³/mol. The van der Waals surface area contributed by atoms with Gasteiger partial charge < -0.3 is 19.7 Å². The molecule has 0 aliphatic carbocycles. The van der Waals surface area contributed by atoms with Crippen LogP contribution in [-0.2, 0) is 11.8 Å². The molecule has 3 rings (SSSR count). The number of carbonyl (C=O) groups excluding carboxylic acids is 2. The summed E-state index contributed by atoms with van der Waals surface area (Å²) in [6.07, 6.45) is 0. The average Bonchev–Trinajstić information content (AvgIpc) is 3.18. The number of aryl methyl sites for hydroxylation is 3. The van der Waals surface area contributed by atoms with Gasteiger partial charge in [-0.1, -0.05) is 5.16 Å². The lowest BCUT2D eigenvalue weighted by Crippen LogP contribution is -2.33. The van der Waals surface area contributed by atoms with Crippen LogP contribution in [0.5, 0.6) is 0 Å². The topological polar surface area (TPSA) is 89.2 Å². The summed E-state index contributed by atoms with van der Waals surface area (Å²) in [5, 5.41) is 11.0. The van der Waals surface area contributed by atoms with Crippen molar-refractivity contribution in [3.8, 4) is 0 Å². The van der Waals surface area contributed by atoms with Gasteiger partial charge in [0.1, 0.15) is 17.1 Å². The van der Waals surface area contributed by atoms with Gasteiger partial charge in [-0.15, -0.1) is 11.3 Å². The number of amides is 2. The number of aromatic nitrogens is 2. The maximum absolute atomic E-state index is 12.2. The number of fused-ring (bicyclic) bond motifs is 1. The van der Waals surface area contributed by atoms with Crippen molar-refractivity contribution in [2.24, 2.45) is 7.05 Å². The van der Waals surface area contributed by atoms with Crippen molar-refractivity contribution in [2.45, 2.75) is 13.8 Å². The monoisotopic (exact) mass is 332 g/mol. The second-order valence-corrected chi connectivity index (χ2v) is 6.14. The van der Waals surface area contributed by atoms with Gasteiger partial charge in [-0.2, -0.15) is 0 Å². The highest BCUT2D eigenvalue weighted by Crippen LogP contribution is 2.24. The Hall–Kier alpha value is -2.61. The Morgan fingerprint density at radius 2 is 2.17 bits per heavy atom. The third kappa shape index (κ3) is 2.85. The van der Waals surface area contributed by atoms with Gasteiger partial charge in [-0.05, 0) is 31.4 Å². The first-order valence-corrected chi connectivity index (χ1v) is 7.89. The van der Waals surface area contributed by atoms with Crippen LogP contribution in [0.1, 0.15) is 21.9 Å². The first kappa shape index (κ1) is 15.3. The molecule has 3 heterocycles. The van der Waals surface area contributed by atoms with Crippen LogP contribution >= 0.6 is 11.3 Å². The zero-order valence-corrected chi connectivity index (χ0v) is 13.8.